The minimum atomic E-state index is -4.67. The van der Waals surface area contributed by atoms with Gasteiger partial charge in [0, 0.05) is 19.3 Å². The minimum absolute atomic E-state index is 0.00549. The summed E-state index contributed by atoms with van der Waals surface area (Å²) in [6, 6.07) is 3.07. The van der Waals surface area contributed by atoms with Crippen molar-refractivity contribution in [2.75, 3.05) is 19.3 Å². The van der Waals surface area contributed by atoms with Crippen molar-refractivity contribution in [2.45, 2.75) is 30.5 Å². The third-order valence-electron chi connectivity index (χ3n) is 4.25. The number of primary amides is 1. The standard InChI is InChI=1S/C16H19F3N2O5S/c1-9(16(17,18)19)26-13-4-3-11(27(2,24)25)7-12(13)15(23)21-6-5-10(8-21)14(20)22/h3-4,7,9-10H,5-6,8H2,1-2H3,(H2,20,22)/t9-,10?/m0/s1. The van der Waals surface area contributed by atoms with E-state index in [0.29, 0.717) is 6.42 Å². The summed E-state index contributed by atoms with van der Waals surface area (Å²) < 4.78 is 66.8. The molecule has 1 aliphatic heterocycles. The van der Waals surface area contributed by atoms with Crippen LogP contribution in [0.15, 0.2) is 23.1 Å². The molecule has 0 aliphatic carbocycles. The third kappa shape index (κ3) is 4.90. The number of nitrogens with two attached hydrogens (primary N) is 1. The van der Waals surface area contributed by atoms with E-state index in [1.807, 2.05) is 0 Å². The second-order valence-corrected chi connectivity index (χ2v) is 8.39. The molecule has 2 N–H and O–H groups in total. The van der Waals surface area contributed by atoms with E-state index in [1.54, 1.807) is 0 Å². The molecule has 1 aromatic carbocycles. The number of hydrogen-bond acceptors (Lipinski definition) is 5. The van der Waals surface area contributed by atoms with Crippen molar-refractivity contribution >= 4 is 21.7 Å². The van der Waals surface area contributed by atoms with Crippen molar-refractivity contribution < 1.29 is 35.9 Å². The summed E-state index contributed by atoms with van der Waals surface area (Å²) in [7, 11) is -3.70. The Bertz CT molecular complexity index is 854. The molecule has 2 rings (SSSR count). The molecular weight excluding hydrogens is 389 g/mol. The summed E-state index contributed by atoms with van der Waals surface area (Å²) in [5.41, 5.74) is 4.90. The van der Waals surface area contributed by atoms with Gasteiger partial charge in [-0.2, -0.15) is 13.2 Å². The van der Waals surface area contributed by atoms with Crippen LogP contribution in [0.1, 0.15) is 23.7 Å². The van der Waals surface area contributed by atoms with Gasteiger partial charge in [-0.3, -0.25) is 9.59 Å². The van der Waals surface area contributed by atoms with Crippen LogP contribution in [-0.2, 0) is 14.6 Å². The molecule has 1 aliphatic rings. The smallest absolute Gasteiger partial charge is 0.425 e. The number of nitrogens with zero attached hydrogens (tertiary/aromatic N) is 1. The molecule has 7 nitrogen and oxygen atoms in total. The Morgan fingerprint density at radius 2 is 1.96 bits per heavy atom. The van der Waals surface area contributed by atoms with Gasteiger partial charge >= 0.3 is 6.18 Å². The van der Waals surface area contributed by atoms with Crippen molar-refractivity contribution in [1.82, 2.24) is 4.90 Å². The molecular formula is C16H19F3N2O5S. The monoisotopic (exact) mass is 408 g/mol. The average Bonchev–Trinajstić information content (AvgIpc) is 3.02. The summed E-state index contributed by atoms with van der Waals surface area (Å²) >= 11 is 0. The molecule has 1 heterocycles. The van der Waals surface area contributed by atoms with Crippen LogP contribution in [0, 0.1) is 5.92 Å². The number of likely N-dealkylation sites (tertiary alicyclic amines) is 1. The molecule has 0 bridgehead atoms. The van der Waals surface area contributed by atoms with Crippen molar-refractivity contribution in [1.29, 1.82) is 0 Å². The summed E-state index contributed by atoms with van der Waals surface area (Å²) in [6.45, 7) is 0.951. The zero-order valence-corrected chi connectivity index (χ0v) is 15.4. The maximum absolute atomic E-state index is 12.8. The van der Waals surface area contributed by atoms with E-state index in [2.05, 4.69) is 0 Å². The first-order chi connectivity index (χ1) is 12.3. The molecule has 0 saturated carbocycles. The Hall–Kier alpha value is -2.30. The Kier molecular flexibility index (Phi) is 5.74. The maximum atomic E-state index is 12.8. The molecule has 2 amide bonds. The lowest BCUT2D eigenvalue weighted by atomic mass is 10.1. The Morgan fingerprint density at radius 3 is 2.44 bits per heavy atom. The summed E-state index contributed by atoms with van der Waals surface area (Å²) in [6.07, 6.45) is -5.64. The van der Waals surface area contributed by atoms with Crippen LogP contribution in [-0.4, -0.2) is 56.8 Å². The lowest BCUT2D eigenvalue weighted by Gasteiger charge is -2.22. The van der Waals surface area contributed by atoms with Gasteiger partial charge in [0.15, 0.2) is 15.9 Å². The molecule has 0 spiro atoms. The highest BCUT2D eigenvalue weighted by Crippen LogP contribution is 2.31. The Morgan fingerprint density at radius 1 is 1.33 bits per heavy atom. The quantitative estimate of drug-likeness (QED) is 0.792. The van der Waals surface area contributed by atoms with Crippen molar-refractivity contribution in [3.63, 3.8) is 0 Å². The zero-order valence-electron chi connectivity index (χ0n) is 14.6. The van der Waals surface area contributed by atoms with Gasteiger partial charge in [0.25, 0.3) is 5.91 Å². The number of benzene rings is 1. The number of hydrogen-bond donors (Lipinski definition) is 1. The van der Waals surface area contributed by atoms with E-state index in [0.717, 1.165) is 31.4 Å². The zero-order chi connectivity index (χ0) is 20.6. The van der Waals surface area contributed by atoms with E-state index in [4.69, 9.17) is 10.5 Å². The van der Waals surface area contributed by atoms with Gasteiger partial charge in [0.2, 0.25) is 5.91 Å². The fourth-order valence-electron chi connectivity index (χ4n) is 2.61. The molecule has 150 valence electrons. The van der Waals surface area contributed by atoms with E-state index >= 15 is 0 Å². The van der Waals surface area contributed by atoms with Gasteiger partial charge in [-0.15, -0.1) is 0 Å². The van der Waals surface area contributed by atoms with Crippen LogP contribution in [0.4, 0.5) is 13.2 Å². The normalized spacial score (nSPS) is 19.0. The highest BCUT2D eigenvalue weighted by molar-refractivity contribution is 7.90. The van der Waals surface area contributed by atoms with E-state index < -0.39 is 39.8 Å². The molecule has 11 heteroatoms. The number of halogens is 3. The lowest BCUT2D eigenvalue weighted by molar-refractivity contribution is -0.189. The van der Waals surface area contributed by atoms with Crippen LogP contribution < -0.4 is 10.5 Å². The molecule has 27 heavy (non-hydrogen) atoms. The first-order valence-corrected chi connectivity index (χ1v) is 9.86. The van der Waals surface area contributed by atoms with Gasteiger partial charge in [-0.1, -0.05) is 0 Å². The first kappa shape index (κ1) is 21.0. The Labute approximate surface area is 154 Å². The van der Waals surface area contributed by atoms with Crippen LogP contribution in [0.3, 0.4) is 0 Å². The second-order valence-electron chi connectivity index (χ2n) is 6.37. The number of carbonyl (C=O) groups is 2. The first-order valence-electron chi connectivity index (χ1n) is 7.96. The van der Waals surface area contributed by atoms with Crippen LogP contribution in [0.5, 0.6) is 5.75 Å². The predicted octanol–water partition coefficient (Wildman–Crippen LogP) is 1.37. The van der Waals surface area contributed by atoms with Crippen molar-refractivity contribution in [3.05, 3.63) is 23.8 Å². The average molecular weight is 408 g/mol. The molecule has 1 fully saturated rings. The number of ether oxygens (including phenoxy) is 1. The van der Waals surface area contributed by atoms with Crippen LogP contribution in [0.2, 0.25) is 0 Å². The number of carbonyl (C=O) groups excluding carboxylic acids is 2. The van der Waals surface area contributed by atoms with Gasteiger partial charge in [0.1, 0.15) is 5.75 Å². The molecule has 0 aromatic heterocycles. The Balaban J connectivity index is 2.41. The van der Waals surface area contributed by atoms with Gasteiger partial charge < -0.3 is 15.4 Å². The number of alkyl halides is 3. The second kappa shape index (κ2) is 7.37. The minimum Gasteiger partial charge on any atom is -0.480 e. The summed E-state index contributed by atoms with van der Waals surface area (Å²) in [5.74, 6) is -2.27. The molecule has 2 atom stereocenters. The van der Waals surface area contributed by atoms with Gasteiger partial charge in [0.05, 0.1) is 16.4 Å². The number of amides is 2. The van der Waals surface area contributed by atoms with Crippen LogP contribution >= 0.6 is 0 Å². The molecule has 1 aromatic rings. The summed E-state index contributed by atoms with van der Waals surface area (Å²) in [4.78, 5) is 25.0. The SMILES string of the molecule is C[C@H](Oc1ccc(S(C)(=O)=O)cc1C(=O)N1CCC(C(N)=O)C1)C(F)(F)F. The topological polar surface area (TPSA) is 107 Å². The van der Waals surface area contributed by atoms with E-state index in [1.165, 1.54) is 4.90 Å². The summed E-state index contributed by atoms with van der Waals surface area (Å²) in [5, 5.41) is 0. The molecule has 1 saturated heterocycles. The maximum Gasteiger partial charge on any atom is 0.425 e. The fourth-order valence-corrected chi connectivity index (χ4v) is 3.26. The highest BCUT2D eigenvalue weighted by Gasteiger charge is 2.39. The fraction of sp³-hybridized carbons (Fsp3) is 0.500. The van der Waals surface area contributed by atoms with E-state index in [-0.39, 0.29) is 29.3 Å². The number of sulfone groups is 1. The van der Waals surface area contributed by atoms with E-state index in [9.17, 15) is 31.2 Å². The van der Waals surface area contributed by atoms with Crippen molar-refractivity contribution in [3.8, 4) is 5.75 Å². The van der Waals surface area contributed by atoms with Crippen LogP contribution in [0.25, 0.3) is 0 Å². The van der Waals surface area contributed by atoms with Gasteiger partial charge in [-0.05, 0) is 31.5 Å². The largest absolute Gasteiger partial charge is 0.480 e. The molecule has 0 radical (unpaired) electrons. The number of rotatable bonds is 5. The van der Waals surface area contributed by atoms with Crippen molar-refractivity contribution in [2.24, 2.45) is 11.7 Å². The lowest BCUT2D eigenvalue weighted by Crippen LogP contribution is -2.34. The predicted molar refractivity (Wildman–Crippen MR) is 88.9 cm³/mol. The molecule has 1 unspecified atom stereocenters. The third-order valence-corrected chi connectivity index (χ3v) is 5.36. The van der Waals surface area contributed by atoms with Gasteiger partial charge in [-0.25, -0.2) is 8.42 Å². The highest BCUT2D eigenvalue weighted by atomic mass is 32.2.